The van der Waals surface area contributed by atoms with Gasteiger partial charge in [0.1, 0.15) is 5.75 Å². The number of carboxylic acid groups (broad SMARTS) is 1. The summed E-state index contributed by atoms with van der Waals surface area (Å²) in [5, 5.41) is 12.4. The smallest absolute Gasteiger partial charge is 0.341 e. The molecule has 2 atom stereocenters. The summed E-state index contributed by atoms with van der Waals surface area (Å²) in [4.78, 5) is 25.8. The number of hydrogen-bond donors (Lipinski definition) is 2. The van der Waals surface area contributed by atoms with Crippen LogP contribution in [0.15, 0.2) is 18.2 Å². The molecule has 0 spiro atoms. The van der Waals surface area contributed by atoms with Crippen LogP contribution >= 0.6 is 0 Å². The first-order valence-corrected chi connectivity index (χ1v) is 11.1. The Morgan fingerprint density at radius 2 is 2.07 bits per heavy atom. The normalized spacial score (nSPS) is 25.6. The first-order chi connectivity index (χ1) is 14.1. The van der Waals surface area contributed by atoms with Gasteiger partial charge in [-0.1, -0.05) is 32.9 Å². The Bertz CT molecular complexity index is 786. The highest BCUT2D eigenvalue weighted by Gasteiger charge is 2.42. The van der Waals surface area contributed by atoms with Crippen LogP contribution in [-0.4, -0.2) is 46.6 Å². The largest absolute Gasteiger partial charge is 0.482 e. The van der Waals surface area contributed by atoms with E-state index in [1.165, 1.54) is 0 Å². The number of likely N-dealkylation sites (tertiary alicyclic amines) is 1. The second kappa shape index (κ2) is 8.96. The topological polar surface area (TPSA) is 78.9 Å². The molecule has 0 saturated carbocycles. The minimum absolute atomic E-state index is 0.0490. The lowest BCUT2D eigenvalue weighted by atomic mass is 9.85. The van der Waals surface area contributed by atoms with Crippen molar-refractivity contribution in [1.82, 2.24) is 10.2 Å². The summed E-state index contributed by atoms with van der Waals surface area (Å²) in [7, 11) is 0. The molecule has 6 nitrogen and oxygen atoms in total. The minimum Gasteiger partial charge on any atom is -0.482 e. The van der Waals surface area contributed by atoms with Crippen LogP contribution < -0.4 is 10.1 Å². The fourth-order valence-electron chi connectivity index (χ4n) is 4.85. The number of rotatable bonds is 5. The molecular weight excluding hydrogens is 380 g/mol. The van der Waals surface area contributed by atoms with Crippen molar-refractivity contribution >= 4 is 11.9 Å². The van der Waals surface area contributed by atoms with Gasteiger partial charge < -0.3 is 15.2 Å². The first kappa shape index (κ1) is 22.6. The number of nitrogens with zero attached hydrogens (tertiary/aromatic N) is 1. The van der Waals surface area contributed by atoms with E-state index in [-0.39, 0.29) is 29.5 Å². The molecule has 2 N–H and O–H groups in total. The number of carbonyl (C=O) groups is 2. The Kier molecular flexibility index (Phi) is 6.75. The number of fused-ring (bicyclic) bond motifs is 1. The van der Waals surface area contributed by atoms with Gasteiger partial charge in [0.2, 0.25) is 5.91 Å². The molecule has 0 radical (unpaired) electrons. The molecule has 2 aliphatic heterocycles. The van der Waals surface area contributed by atoms with Gasteiger partial charge in [0.25, 0.3) is 0 Å². The average Bonchev–Trinajstić information content (AvgIpc) is 2.88. The third kappa shape index (κ3) is 5.34. The van der Waals surface area contributed by atoms with Gasteiger partial charge in [-0.05, 0) is 62.6 Å². The molecule has 2 fully saturated rings. The lowest BCUT2D eigenvalue weighted by molar-refractivity contribution is -0.139. The van der Waals surface area contributed by atoms with Gasteiger partial charge >= 0.3 is 5.97 Å². The second-order valence-corrected chi connectivity index (χ2v) is 10.1. The molecule has 6 heteroatoms. The number of nitrogens with one attached hydrogen (secondary N) is 1. The summed E-state index contributed by atoms with van der Waals surface area (Å²) < 4.78 is 5.71. The first-order valence-electron chi connectivity index (χ1n) is 11.1. The van der Waals surface area contributed by atoms with E-state index in [1.807, 2.05) is 6.07 Å². The zero-order valence-corrected chi connectivity index (χ0v) is 18.8. The van der Waals surface area contributed by atoms with Gasteiger partial charge in [-0.25, -0.2) is 4.79 Å². The lowest BCUT2D eigenvalue weighted by Gasteiger charge is -2.42. The van der Waals surface area contributed by atoms with Crippen molar-refractivity contribution in [3.8, 4) is 5.75 Å². The lowest BCUT2D eigenvalue weighted by Crippen LogP contribution is -2.58. The van der Waals surface area contributed by atoms with Gasteiger partial charge in [-0.3, -0.25) is 9.69 Å². The van der Waals surface area contributed by atoms with Crippen molar-refractivity contribution in [2.45, 2.75) is 89.8 Å². The number of carbonyl (C=O) groups excluding carboxylic acids is 1. The summed E-state index contributed by atoms with van der Waals surface area (Å²) in [6, 6.07) is 6.45. The average molecular weight is 417 g/mol. The number of aliphatic carboxylic acids is 1. The predicted molar refractivity (Wildman–Crippen MR) is 117 cm³/mol. The van der Waals surface area contributed by atoms with Crippen molar-refractivity contribution in [3.05, 3.63) is 29.3 Å². The fraction of sp³-hybridized carbons (Fsp3) is 0.667. The van der Waals surface area contributed by atoms with Crippen LogP contribution in [0.1, 0.15) is 77.3 Å². The predicted octanol–water partition coefficient (Wildman–Crippen LogP) is 3.86. The molecule has 0 aromatic heterocycles. The molecule has 2 saturated heterocycles. The van der Waals surface area contributed by atoms with Crippen LogP contribution in [0.3, 0.4) is 0 Å². The van der Waals surface area contributed by atoms with Crippen molar-refractivity contribution in [3.63, 3.8) is 0 Å². The highest BCUT2D eigenvalue weighted by Crippen LogP contribution is 2.35. The number of benzene rings is 1. The van der Waals surface area contributed by atoms with E-state index in [2.05, 4.69) is 50.0 Å². The van der Waals surface area contributed by atoms with Crippen molar-refractivity contribution < 1.29 is 19.4 Å². The highest BCUT2D eigenvalue weighted by molar-refractivity contribution is 5.77. The van der Waals surface area contributed by atoms with Crippen LogP contribution in [0.2, 0.25) is 0 Å². The van der Waals surface area contributed by atoms with E-state index in [1.54, 1.807) is 0 Å². The van der Waals surface area contributed by atoms with Crippen LogP contribution in [0, 0.1) is 0 Å². The maximum absolute atomic E-state index is 12.2. The molecule has 1 aromatic carbocycles. The fourth-order valence-corrected chi connectivity index (χ4v) is 4.85. The van der Waals surface area contributed by atoms with Gasteiger partial charge in [-0.2, -0.15) is 0 Å². The Labute approximate surface area is 180 Å². The molecule has 166 valence electrons. The van der Waals surface area contributed by atoms with Crippen LogP contribution in [-0.2, 0) is 21.5 Å². The van der Waals surface area contributed by atoms with Gasteiger partial charge in [0, 0.05) is 24.6 Å². The van der Waals surface area contributed by atoms with Crippen molar-refractivity contribution in [2.24, 2.45) is 0 Å². The third-order valence-electron chi connectivity index (χ3n) is 6.53. The molecule has 2 aliphatic rings. The number of ether oxygens (including phenoxy) is 1. The Hall–Kier alpha value is -2.08. The second-order valence-electron chi connectivity index (χ2n) is 10.1. The van der Waals surface area contributed by atoms with E-state index in [0.717, 1.165) is 49.8 Å². The monoisotopic (exact) mass is 416 g/mol. The van der Waals surface area contributed by atoms with Gasteiger partial charge in [0.05, 0.1) is 5.54 Å². The Morgan fingerprint density at radius 1 is 1.30 bits per heavy atom. The van der Waals surface area contributed by atoms with Crippen LogP contribution in [0.4, 0.5) is 0 Å². The molecule has 3 rings (SSSR count). The van der Waals surface area contributed by atoms with E-state index < -0.39 is 5.97 Å². The van der Waals surface area contributed by atoms with Crippen LogP contribution in [0.25, 0.3) is 0 Å². The highest BCUT2D eigenvalue weighted by atomic mass is 16.5. The third-order valence-corrected chi connectivity index (χ3v) is 6.53. The van der Waals surface area contributed by atoms with Crippen LogP contribution in [0.5, 0.6) is 5.75 Å². The Morgan fingerprint density at radius 3 is 2.77 bits per heavy atom. The summed E-state index contributed by atoms with van der Waals surface area (Å²) in [5.41, 5.74) is 1.85. The van der Waals surface area contributed by atoms with Gasteiger partial charge in [-0.15, -0.1) is 0 Å². The number of hydrogen-bond acceptors (Lipinski definition) is 4. The van der Waals surface area contributed by atoms with E-state index in [9.17, 15) is 9.59 Å². The zero-order chi connectivity index (χ0) is 21.9. The summed E-state index contributed by atoms with van der Waals surface area (Å²) >= 11 is 0. The molecule has 1 amide bonds. The number of carboxylic acids is 1. The molecule has 0 bridgehead atoms. The molecular formula is C24H36N2O4. The maximum atomic E-state index is 12.2. The summed E-state index contributed by atoms with van der Waals surface area (Å²) in [5.74, 6) is -0.175. The number of amides is 1. The summed E-state index contributed by atoms with van der Waals surface area (Å²) in [6.07, 6.45) is 5.65. The van der Waals surface area contributed by atoms with E-state index in [4.69, 9.17) is 9.84 Å². The van der Waals surface area contributed by atoms with E-state index >= 15 is 0 Å². The molecule has 0 aliphatic carbocycles. The SMILES string of the molecule is CC(C)(C)c1ccc(CN2CCCC[C@]3(C)NC(=O)CCC[C@H]23)c(OCC(=O)O)c1. The van der Waals surface area contributed by atoms with E-state index in [0.29, 0.717) is 18.7 Å². The Balaban J connectivity index is 1.90. The molecule has 0 unspecified atom stereocenters. The maximum Gasteiger partial charge on any atom is 0.341 e. The minimum atomic E-state index is -0.976. The standard InChI is InChI=1S/C24H36N2O4/c1-23(2,3)18-11-10-17(19(14-18)30-16-22(28)29)15-26-13-6-5-12-24(4)20(26)8-7-9-21(27)25-24/h10-11,14,20H,5-9,12-13,15-16H2,1-4H3,(H,25,27)(H,28,29)/t20-,24-/m0/s1. The van der Waals surface area contributed by atoms with Crippen molar-refractivity contribution in [2.75, 3.05) is 13.2 Å². The molecule has 30 heavy (non-hydrogen) atoms. The summed E-state index contributed by atoms with van der Waals surface area (Å²) in [6.45, 7) is 9.90. The molecule has 1 aromatic rings. The molecule has 2 heterocycles. The van der Waals surface area contributed by atoms with Crippen molar-refractivity contribution in [1.29, 1.82) is 0 Å². The quantitative estimate of drug-likeness (QED) is 0.762. The zero-order valence-electron chi connectivity index (χ0n) is 18.8. The van der Waals surface area contributed by atoms with Gasteiger partial charge in [0.15, 0.2) is 6.61 Å².